The fourth-order valence-corrected chi connectivity index (χ4v) is 16.7. The van der Waals surface area contributed by atoms with E-state index in [-0.39, 0.29) is 50.3 Å². The molecule has 81 heavy (non-hydrogen) atoms. The Bertz CT molecular complexity index is 3730. The molecule has 4 aliphatic heterocycles. The van der Waals surface area contributed by atoms with Crippen LogP contribution in [-0.2, 0) is 32.5 Å². The van der Waals surface area contributed by atoms with Crippen molar-refractivity contribution >= 4 is 80.0 Å². The number of anilines is 10. The van der Waals surface area contributed by atoms with Crippen molar-refractivity contribution in [3.8, 4) is 0 Å². The van der Waals surface area contributed by atoms with E-state index in [4.69, 9.17) is 0 Å². The molecule has 0 spiro atoms. The second-order valence-corrected chi connectivity index (χ2v) is 31.1. The lowest BCUT2D eigenvalue weighted by molar-refractivity contribution is 0.195. The van der Waals surface area contributed by atoms with Crippen LogP contribution in [0.4, 0.5) is 56.9 Å². The zero-order valence-electron chi connectivity index (χ0n) is 52.6. The Morgan fingerprint density at radius 2 is 0.901 bits per heavy atom. The van der Waals surface area contributed by atoms with Crippen LogP contribution >= 0.6 is 0 Å². The van der Waals surface area contributed by atoms with Crippen molar-refractivity contribution in [3.05, 3.63) is 172 Å². The first-order valence-electron chi connectivity index (χ1n) is 31.1. The molecule has 0 aromatic heterocycles. The van der Waals surface area contributed by atoms with Crippen LogP contribution in [0.15, 0.2) is 127 Å². The van der Waals surface area contributed by atoms with E-state index in [0.29, 0.717) is 0 Å². The van der Waals surface area contributed by atoms with E-state index >= 15 is 0 Å². The minimum atomic E-state index is -0.152. The van der Waals surface area contributed by atoms with Gasteiger partial charge < -0.3 is 19.6 Å². The maximum absolute atomic E-state index is 2.85. The number of rotatable bonds is 4. The molecule has 0 N–H and O–H groups in total. The molecule has 13 rings (SSSR count). The van der Waals surface area contributed by atoms with E-state index < -0.39 is 0 Å². The first kappa shape index (κ1) is 54.1. The van der Waals surface area contributed by atoms with Crippen molar-refractivity contribution in [2.75, 3.05) is 19.6 Å². The Morgan fingerprint density at radius 3 is 1.53 bits per heavy atom. The predicted molar refractivity (Wildman–Crippen MR) is 350 cm³/mol. The minimum absolute atomic E-state index is 0.0135. The summed E-state index contributed by atoms with van der Waals surface area (Å²) in [5.41, 5.74) is 27.9. The molecule has 6 aliphatic rings. The van der Waals surface area contributed by atoms with E-state index in [2.05, 4.69) is 272 Å². The largest absolute Gasteiger partial charge is 0.334 e. The summed E-state index contributed by atoms with van der Waals surface area (Å²) in [6, 6.07) is 52.3. The van der Waals surface area contributed by atoms with Crippen LogP contribution in [0.25, 0.3) is 0 Å². The van der Waals surface area contributed by atoms with E-state index in [1.54, 1.807) is 0 Å². The van der Waals surface area contributed by atoms with Gasteiger partial charge in [-0.25, -0.2) is 0 Å². The number of fused-ring (bicyclic) bond motifs is 10. The Kier molecular flexibility index (Phi) is 11.8. The van der Waals surface area contributed by atoms with Gasteiger partial charge >= 0.3 is 0 Å². The normalized spacial score (nSPS) is 23.9. The SMILES string of the molecule is Cc1cc(C)c2c(c1)C1(C)CCCCC1(C)N2c1ccc2c(c1)B1c3ccc(C(C)(C)C)cc3N(c3cccc(C(C)(C)C)c3)c3cc(N4c5ccc(C(C)(C)C)cc5C5(C)CCCCC45C)cc(c31)N2c1ccc(C(C)(C)C)cc1. The van der Waals surface area contributed by atoms with Gasteiger partial charge in [-0.05, 0) is 197 Å². The second-order valence-electron chi connectivity index (χ2n) is 31.1. The lowest BCUT2D eigenvalue weighted by atomic mass is 9.33. The van der Waals surface area contributed by atoms with Gasteiger partial charge in [-0.2, -0.15) is 0 Å². The Hall–Kier alpha value is -6.20. The highest BCUT2D eigenvalue weighted by atomic mass is 15.3. The van der Waals surface area contributed by atoms with Gasteiger partial charge in [0.15, 0.2) is 0 Å². The topological polar surface area (TPSA) is 13.0 Å². The molecule has 0 amide bonds. The van der Waals surface area contributed by atoms with E-state index in [1.165, 1.54) is 156 Å². The summed E-state index contributed by atoms with van der Waals surface area (Å²) in [5, 5.41) is 0. The minimum Gasteiger partial charge on any atom is -0.334 e. The number of nitrogens with zero attached hydrogens (tertiary/aromatic N) is 4. The number of hydrogen-bond donors (Lipinski definition) is 0. The number of benzene rings is 7. The van der Waals surface area contributed by atoms with Crippen LogP contribution in [0, 0.1) is 13.8 Å². The highest BCUT2D eigenvalue weighted by molar-refractivity contribution is 7.00. The van der Waals surface area contributed by atoms with Crippen molar-refractivity contribution in [3.63, 3.8) is 0 Å². The van der Waals surface area contributed by atoms with Crippen LogP contribution in [0.3, 0.4) is 0 Å². The van der Waals surface area contributed by atoms with Crippen molar-refractivity contribution in [1.29, 1.82) is 0 Å². The highest BCUT2D eigenvalue weighted by Gasteiger charge is 2.60. The van der Waals surface area contributed by atoms with E-state index in [1.807, 2.05) is 0 Å². The molecule has 5 heteroatoms. The molecule has 2 saturated carbocycles. The highest BCUT2D eigenvalue weighted by Crippen LogP contribution is 2.64. The molecule has 0 saturated heterocycles. The van der Waals surface area contributed by atoms with Gasteiger partial charge in [-0.1, -0.05) is 189 Å². The van der Waals surface area contributed by atoms with Gasteiger partial charge in [-0.3, -0.25) is 0 Å². The maximum atomic E-state index is 2.85. The summed E-state index contributed by atoms with van der Waals surface area (Å²) in [5.74, 6) is 0. The lowest BCUT2D eigenvalue weighted by Crippen LogP contribution is -2.62. The zero-order valence-corrected chi connectivity index (χ0v) is 52.6. The van der Waals surface area contributed by atoms with Gasteiger partial charge in [0.2, 0.25) is 0 Å². The molecule has 4 unspecified atom stereocenters. The quantitative estimate of drug-likeness (QED) is 0.163. The van der Waals surface area contributed by atoms with Gasteiger partial charge in [0, 0.05) is 67.7 Å². The molecule has 4 atom stereocenters. The van der Waals surface area contributed by atoms with E-state index in [0.717, 1.165) is 12.8 Å². The average molecular weight is 1070 g/mol. The third kappa shape index (κ3) is 7.81. The van der Waals surface area contributed by atoms with E-state index in [9.17, 15) is 0 Å². The molecule has 0 radical (unpaired) electrons. The Balaban J connectivity index is 1.15. The molecule has 418 valence electrons. The summed E-state index contributed by atoms with van der Waals surface area (Å²) >= 11 is 0. The first-order chi connectivity index (χ1) is 38.0. The lowest BCUT2D eigenvalue weighted by Gasteiger charge is -2.51. The first-order valence-corrected chi connectivity index (χ1v) is 31.1. The molecule has 4 nitrogen and oxygen atoms in total. The van der Waals surface area contributed by atoms with Crippen molar-refractivity contribution in [1.82, 2.24) is 0 Å². The zero-order chi connectivity index (χ0) is 57.5. The van der Waals surface area contributed by atoms with Gasteiger partial charge in [0.05, 0.1) is 11.1 Å². The third-order valence-electron chi connectivity index (χ3n) is 21.9. The molecule has 2 aliphatic carbocycles. The predicted octanol–water partition coefficient (Wildman–Crippen LogP) is 19.1. The third-order valence-corrected chi connectivity index (χ3v) is 21.9. The summed E-state index contributed by atoms with van der Waals surface area (Å²) in [4.78, 5) is 11.1. The summed E-state index contributed by atoms with van der Waals surface area (Å²) < 4.78 is 0. The molecule has 2 fully saturated rings. The number of aryl methyl sites for hydroxylation is 2. The van der Waals surface area contributed by atoms with Crippen LogP contribution in [0.1, 0.15) is 207 Å². The monoisotopic (exact) mass is 1070 g/mol. The van der Waals surface area contributed by atoms with Crippen molar-refractivity contribution < 1.29 is 0 Å². The number of hydrogen-bond acceptors (Lipinski definition) is 4. The fourth-order valence-electron chi connectivity index (χ4n) is 16.7. The summed E-state index contributed by atoms with van der Waals surface area (Å²) in [7, 11) is 0. The summed E-state index contributed by atoms with van der Waals surface area (Å²) in [6.07, 6.45) is 9.65. The maximum Gasteiger partial charge on any atom is 0.252 e. The van der Waals surface area contributed by atoms with Crippen LogP contribution in [0.2, 0.25) is 0 Å². The fraction of sp³-hybridized carbons (Fsp3) is 0.447. The standard InChI is InChI=1S/C76H91BN4/c1-48-40-49(2)68-59(41-48)74(16)37-20-22-39-76(74,18)81(68)56-32-35-63-61(45-56)77-60-33-28-53(72(12,13)14)44-64(60)79(55-25-23-24-51(42-55)70(6,7)8)66-47-57(46-65(67(66)77)78(63)54-30-26-50(27-31-54)69(3,4)5)80-62-34-29-52(71(9,10)11)43-58(62)73(15)36-19-21-38-75(73,80)17/h23-35,40-47H,19-22,36-39H2,1-18H3. The Morgan fingerprint density at radius 1 is 0.383 bits per heavy atom. The van der Waals surface area contributed by atoms with Crippen molar-refractivity contribution in [2.24, 2.45) is 0 Å². The van der Waals surface area contributed by atoms with Crippen molar-refractivity contribution in [2.45, 2.75) is 220 Å². The van der Waals surface area contributed by atoms with Gasteiger partial charge in [0.1, 0.15) is 0 Å². The average Bonchev–Trinajstić information content (AvgIpc) is 3.59. The molecular weight excluding hydrogens is 980 g/mol. The Labute approximate surface area is 488 Å². The van der Waals surface area contributed by atoms with Gasteiger partial charge in [-0.15, -0.1) is 0 Å². The molecule has 0 bridgehead atoms. The van der Waals surface area contributed by atoms with Crippen LogP contribution < -0.4 is 36.0 Å². The van der Waals surface area contributed by atoms with Gasteiger partial charge in [0.25, 0.3) is 6.71 Å². The second kappa shape index (κ2) is 17.7. The molecule has 7 aromatic carbocycles. The summed E-state index contributed by atoms with van der Waals surface area (Å²) in [6.45, 7) is 43.4. The smallest absolute Gasteiger partial charge is 0.252 e. The molecular formula is C76H91BN4. The molecule has 4 heterocycles. The van der Waals surface area contributed by atoms with Crippen LogP contribution in [-0.4, -0.2) is 17.8 Å². The molecule has 7 aromatic rings. The van der Waals surface area contributed by atoms with Crippen LogP contribution in [0.5, 0.6) is 0 Å².